The Bertz CT molecular complexity index is 389. The minimum absolute atomic E-state index is 0.462. The van der Waals surface area contributed by atoms with E-state index in [0.29, 0.717) is 6.04 Å². The molecule has 2 rings (SSSR count). The second kappa shape index (κ2) is 5.00. The normalized spacial score (nSPS) is 21.5. The second-order valence-corrected chi connectivity index (χ2v) is 5.08. The van der Waals surface area contributed by atoms with E-state index in [1.807, 2.05) is 25.9 Å². The fourth-order valence-electron chi connectivity index (χ4n) is 2.42. The fraction of sp³-hybridized carbons (Fsp3) is 0.692. The molecule has 0 spiro atoms. The number of likely N-dealkylation sites (tertiary alicyclic amines) is 1. The van der Waals surface area contributed by atoms with Crippen molar-refractivity contribution in [1.82, 2.24) is 14.9 Å². The monoisotopic (exact) mass is 234 g/mol. The Kier molecular flexibility index (Phi) is 3.62. The van der Waals surface area contributed by atoms with Gasteiger partial charge >= 0.3 is 0 Å². The molecule has 0 bridgehead atoms. The third kappa shape index (κ3) is 2.75. The lowest BCUT2D eigenvalue weighted by atomic mass is 10.00. The van der Waals surface area contributed by atoms with E-state index in [-0.39, 0.29) is 0 Å². The molecule has 0 radical (unpaired) electrons. The van der Waals surface area contributed by atoms with E-state index >= 15 is 0 Å². The third-order valence-electron chi connectivity index (χ3n) is 3.41. The van der Waals surface area contributed by atoms with Gasteiger partial charge in [-0.15, -0.1) is 0 Å². The maximum atomic E-state index is 4.61. The highest BCUT2D eigenvalue weighted by Gasteiger charge is 2.22. The summed E-state index contributed by atoms with van der Waals surface area (Å²) in [5.74, 6) is 1.87. The summed E-state index contributed by atoms with van der Waals surface area (Å²) in [4.78, 5) is 13.5. The van der Waals surface area contributed by atoms with Crippen LogP contribution in [0.15, 0.2) is 6.07 Å². The van der Waals surface area contributed by atoms with E-state index in [0.717, 1.165) is 11.6 Å². The molecule has 94 valence electrons. The zero-order valence-corrected chi connectivity index (χ0v) is 11.3. The van der Waals surface area contributed by atoms with Crippen LogP contribution in [-0.2, 0) is 0 Å². The van der Waals surface area contributed by atoms with Crippen molar-refractivity contribution in [2.75, 3.05) is 32.6 Å². The van der Waals surface area contributed by atoms with Crippen molar-refractivity contribution in [3.63, 3.8) is 0 Å². The quantitative estimate of drug-likeness (QED) is 0.783. The molecule has 1 saturated heterocycles. The first kappa shape index (κ1) is 12.3. The zero-order chi connectivity index (χ0) is 12.4. The highest BCUT2D eigenvalue weighted by atomic mass is 15.2. The van der Waals surface area contributed by atoms with E-state index in [1.165, 1.54) is 31.5 Å². The molecule has 0 N–H and O–H groups in total. The summed E-state index contributed by atoms with van der Waals surface area (Å²) in [6, 6.07) is 2.59. The highest BCUT2D eigenvalue weighted by molar-refractivity contribution is 5.38. The summed E-state index contributed by atoms with van der Waals surface area (Å²) in [6.45, 7) is 3.14. The van der Waals surface area contributed by atoms with Gasteiger partial charge in [0.1, 0.15) is 11.6 Å². The fourth-order valence-corrected chi connectivity index (χ4v) is 2.42. The lowest BCUT2D eigenvalue weighted by Gasteiger charge is -2.32. The van der Waals surface area contributed by atoms with Crippen molar-refractivity contribution in [2.45, 2.75) is 32.2 Å². The number of hydrogen-bond donors (Lipinski definition) is 0. The van der Waals surface area contributed by atoms with Crippen molar-refractivity contribution < 1.29 is 0 Å². The number of rotatable bonds is 2. The number of nitrogens with zero attached hydrogens (tertiary/aromatic N) is 4. The Morgan fingerprint density at radius 1 is 1.29 bits per heavy atom. The molecule has 1 aromatic heterocycles. The summed E-state index contributed by atoms with van der Waals surface area (Å²) in [7, 11) is 6.24. The maximum Gasteiger partial charge on any atom is 0.132 e. The molecule has 4 nitrogen and oxygen atoms in total. The van der Waals surface area contributed by atoms with Crippen LogP contribution in [0.25, 0.3) is 0 Å². The Balaban J connectivity index is 2.30. The molecule has 17 heavy (non-hydrogen) atoms. The van der Waals surface area contributed by atoms with Gasteiger partial charge in [-0.1, -0.05) is 6.42 Å². The van der Waals surface area contributed by atoms with Gasteiger partial charge in [-0.3, -0.25) is 4.90 Å². The summed E-state index contributed by atoms with van der Waals surface area (Å²) in [6.07, 6.45) is 3.81. The molecule has 0 saturated carbocycles. The van der Waals surface area contributed by atoms with Crippen molar-refractivity contribution >= 4 is 5.82 Å². The molecule has 1 fully saturated rings. The van der Waals surface area contributed by atoms with Crippen LogP contribution in [0.1, 0.15) is 36.8 Å². The van der Waals surface area contributed by atoms with Gasteiger partial charge < -0.3 is 4.90 Å². The molecule has 2 heterocycles. The lowest BCUT2D eigenvalue weighted by Crippen LogP contribution is -2.30. The number of aryl methyl sites for hydroxylation is 1. The first-order chi connectivity index (χ1) is 8.08. The first-order valence-corrected chi connectivity index (χ1v) is 6.31. The Labute approximate surface area is 104 Å². The topological polar surface area (TPSA) is 32.3 Å². The molecule has 0 unspecified atom stereocenters. The lowest BCUT2D eigenvalue weighted by molar-refractivity contribution is 0.183. The second-order valence-electron chi connectivity index (χ2n) is 5.08. The molecule has 1 aliphatic rings. The predicted octanol–water partition coefficient (Wildman–Crippen LogP) is 2.01. The van der Waals surface area contributed by atoms with Crippen LogP contribution in [0.2, 0.25) is 0 Å². The van der Waals surface area contributed by atoms with Gasteiger partial charge in [0.25, 0.3) is 0 Å². The SMILES string of the molecule is Cc1nc([C@@H]2CCCCN2C)cc(N(C)C)n1. The van der Waals surface area contributed by atoms with Gasteiger partial charge in [-0.2, -0.15) is 0 Å². The molecule has 4 heteroatoms. The van der Waals surface area contributed by atoms with Crippen molar-refractivity contribution in [2.24, 2.45) is 0 Å². The minimum Gasteiger partial charge on any atom is -0.363 e. The van der Waals surface area contributed by atoms with E-state index in [1.54, 1.807) is 0 Å². The van der Waals surface area contributed by atoms with Crippen molar-refractivity contribution in [3.05, 3.63) is 17.6 Å². The van der Waals surface area contributed by atoms with Crippen molar-refractivity contribution in [1.29, 1.82) is 0 Å². The minimum atomic E-state index is 0.462. The van der Waals surface area contributed by atoms with Gasteiger partial charge in [-0.05, 0) is 33.4 Å². The third-order valence-corrected chi connectivity index (χ3v) is 3.41. The van der Waals surface area contributed by atoms with Gasteiger partial charge in [0.15, 0.2) is 0 Å². The van der Waals surface area contributed by atoms with Gasteiger partial charge in [0.2, 0.25) is 0 Å². The Morgan fingerprint density at radius 2 is 2.06 bits per heavy atom. The van der Waals surface area contributed by atoms with Gasteiger partial charge in [0, 0.05) is 20.2 Å². The number of anilines is 1. The molecular formula is C13H22N4. The molecular weight excluding hydrogens is 212 g/mol. The molecule has 0 amide bonds. The van der Waals surface area contributed by atoms with Crippen LogP contribution in [-0.4, -0.2) is 42.6 Å². The van der Waals surface area contributed by atoms with Crippen LogP contribution < -0.4 is 4.90 Å². The number of piperidine rings is 1. The van der Waals surface area contributed by atoms with Crippen LogP contribution in [0, 0.1) is 6.92 Å². The molecule has 1 aromatic rings. The summed E-state index contributed by atoms with van der Waals surface area (Å²) >= 11 is 0. The van der Waals surface area contributed by atoms with E-state index < -0.39 is 0 Å². The summed E-state index contributed by atoms with van der Waals surface area (Å²) in [5, 5.41) is 0. The first-order valence-electron chi connectivity index (χ1n) is 6.31. The van der Waals surface area contributed by atoms with Gasteiger partial charge in [0.05, 0.1) is 11.7 Å². The number of aromatic nitrogens is 2. The summed E-state index contributed by atoms with van der Waals surface area (Å²) < 4.78 is 0. The average Bonchev–Trinajstić information content (AvgIpc) is 2.28. The molecule has 1 aliphatic heterocycles. The van der Waals surface area contributed by atoms with Crippen molar-refractivity contribution in [3.8, 4) is 0 Å². The molecule has 0 aromatic carbocycles. The zero-order valence-electron chi connectivity index (χ0n) is 11.3. The summed E-state index contributed by atoms with van der Waals surface area (Å²) in [5.41, 5.74) is 1.17. The largest absolute Gasteiger partial charge is 0.363 e. The van der Waals surface area contributed by atoms with Gasteiger partial charge in [-0.25, -0.2) is 9.97 Å². The average molecular weight is 234 g/mol. The Morgan fingerprint density at radius 3 is 2.71 bits per heavy atom. The maximum absolute atomic E-state index is 4.61. The van der Waals surface area contributed by atoms with E-state index in [4.69, 9.17) is 0 Å². The molecule has 0 aliphatic carbocycles. The molecule has 1 atom stereocenters. The van der Waals surface area contributed by atoms with Crippen LogP contribution in [0.5, 0.6) is 0 Å². The smallest absolute Gasteiger partial charge is 0.132 e. The van der Waals surface area contributed by atoms with Crippen LogP contribution in [0.3, 0.4) is 0 Å². The number of hydrogen-bond acceptors (Lipinski definition) is 4. The van der Waals surface area contributed by atoms with E-state index in [2.05, 4.69) is 28.0 Å². The van der Waals surface area contributed by atoms with Crippen LogP contribution >= 0.6 is 0 Å². The standard InChI is InChI=1S/C13H22N4/c1-10-14-11(9-13(15-10)16(2)3)12-7-5-6-8-17(12)4/h9,12H,5-8H2,1-4H3/t12-/m0/s1. The Hall–Kier alpha value is -1.16. The van der Waals surface area contributed by atoms with E-state index in [9.17, 15) is 0 Å². The highest BCUT2D eigenvalue weighted by Crippen LogP contribution is 2.29. The van der Waals surface area contributed by atoms with Crippen LogP contribution in [0.4, 0.5) is 5.82 Å². The predicted molar refractivity (Wildman–Crippen MR) is 70.3 cm³/mol.